The molecular weight excluding hydrogens is 516 g/mol. The summed E-state index contributed by atoms with van der Waals surface area (Å²) in [6, 6.07) is 0. The van der Waals surface area contributed by atoms with Crippen LogP contribution in [0.3, 0.4) is 0 Å². The summed E-state index contributed by atoms with van der Waals surface area (Å²) in [5, 5.41) is 23.2. The topological polar surface area (TPSA) is 172 Å². The average molecular weight is 540 g/mol. The maximum Gasteiger partial charge on any atom is -0.457 e. The van der Waals surface area contributed by atoms with Gasteiger partial charge in [0.15, 0.2) is 0 Å². The standard InChI is InChI=1S/C10H16N2.2CNSe.2Fe.H2N.2H2O/c1-5-11-6-2-9(1)10-3-7-12-8-4-10;2*2-1-3;;;;;/h1,10H,2-8H2;;;;;3*1H2/q-2;2*-1;;+4;-1;;/p+2. The van der Waals surface area contributed by atoms with Crippen molar-refractivity contribution in [1.29, 1.82) is 0 Å². The Morgan fingerprint density at radius 2 is 1.43 bits per heavy atom. The van der Waals surface area contributed by atoms with Crippen molar-refractivity contribution in [3.63, 3.8) is 0 Å². The predicted octanol–water partition coefficient (Wildman–Crippen LogP) is 0.601. The molecule has 0 spiro atoms. The first-order chi connectivity index (χ1) is 8.79. The second-order valence-electron chi connectivity index (χ2n) is 3.79. The van der Waals surface area contributed by atoms with Crippen molar-refractivity contribution < 1.29 is 45.1 Å². The summed E-state index contributed by atoms with van der Waals surface area (Å²) in [4.78, 5) is 0. The molecule has 1 saturated heterocycles. The monoisotopic (exact) mass is 542 g/mol. The maximum atomic E-state index is 7.26. The molecule has 2 aliphatic heterocycles. The summed E-state index contributed by atoms with van der Waals surface area (Å²) in [5.41, 5.74) is 1.67. The van der Waals surface area contributed by atoms with Crippen LogP contribution in [0.2, 0.25) is 0 Å². The molecule has 0 aromatic carbocycles. The second-order valence-corrected chi connectivity index (χ2v) is 4.55. The van der Waals surface area contributed by atoms with E-state index in [0.29, 0.717) is 0 Å². The van der Waals surface area contributed by atoms with Crippen molar-refractivity contribution in [2.45, 2.75) is 19.3 Å². The summed E-state index contributed by atoms with van der Waals surface area (Å²) in [6.07, 6.45) is 6.11. The van der Waals surface area contributed by atoms with Gasteiger partial charge in [-0.1, -0.05) is 24.8 Å². The molecule has 0 atom stereocenters. The Morgan fingerprint density at radius 1 is 1.00 bits per heavy atom. The fourth-order valence-corrected chi connectivity index (χ4v) is 2.08. The molecule has 23 heavy (non-hydrogen) atoms. The van der Waals surface area contributed by atoms with Crippen molar-refractivity contribution >= 4 is 40.6 Å². The first-order valence-corrected chi connectivity index (χ1v) is 7.49. The first kappa shape index (κ1) is 39.0. The van der Waals surface area contributed by atoms with E-state index in [4.69, 9.17) is 10.8 Å². The molecule has 1 fully saturated rings. The van der Waals surface area contributed by atoms with Crippen molar-refractivity contribution in [1.82, 2.24) is 0 Å². The van der Waals surface area contributed by atoms with E-state index in [-0.39, 0.29) is 51.2 Å². The minimum Gasteiger partial charge on any atom is -0.693 e. The molecule has 0 amide bonds. The molecule has 136 valence electrons. The van der Waals surface area contributed by atoms with Crippen LogP contribution < -0.4 is 0 Å². The van der Waals surface area contributed by atoms with E-state index in [1.807, 2.05) is 0 Å². The van der Waals surface area contributed by atoms with E-state index in [0.717, 1.165) is 32.1 Å². The van der Waals surface area contributed by atoms with Gasteiger partial charge in [0.05, 0.1) is 0 Å². The number of hydrogen-bond acceptors (Lipinski definition) is 0. The number of rotatable bonds is 1. The molecule has 0 saturated carbocycles. The molecule has 0 unspecified atom stereocenters. The van der Waals surface area contributed by atoms with Gasteiger partial charge in [0.1, 0.15) is 0 Å². The van der Waals surface area contributed by atoms with E-state index >= 15 is 0 Å². The zero-order chi connectivity index (χ0) is 13.6. The van der Waals surface area contributed by atoms with E-state index in [2.05, 4.69) is 47.9 Å². The normalized spacial score (nSPS) is 14.7. The third-order valence-electron chi connectivity index (χ3n) is 2.84. The van der Waals surface area contributed by atoms with E-state index < -0.39 is 0 Å². The smallest absolute Gasteiger partial charge is 0.457 e. The Bertz CT molecular complexity index is 319. The Labute approximate surface area is 175 Å². The molecule has 0 aliphatic carbocycles. The Morgan fingerprint density at radius 3 is 1.78 bits per heavy atom. The van der Waals surface area contributed by atoms with Crippen LogP contribution in [-0.4, -0.2) is 66.8 Å². The van der Waals surface area contributed by atoms with Crippen LogP contribution in [0.1, 0.15) is 19.3 Å². The van der Waals surface area contributed by atoms with Gasteiger partial charge in [0.2, 0.25) is 0 Å². The van der Waals surface area contributed by atoms with Crippen LogP contribution in [0.15, 0.2) is 11.6 Å². The van der Waals surface area contributed by atoms with Crippen LogP contribution in [-0.2, 0) is 45.1 Å². The van der Waals surface area contributed by atoms with Gasteiger partial charge in [-0.3, -0.25) is 0 Å². The van der Waals surface area contributed by atoms with Crippen LogP contribution >= 0.6 is 0 Å². The molecule has 0 bridgehead atoms. The summed E-state index contributed by atoms with van der Waals surface area (Å²) in [5.74, 6) is 0.845. The van der Waals surface area contributed by atoms with Crippen molar-refractivity contribution in [3.8, 4) is 0 Å². The molecule has 11 heteroatoms. The van der Waals surface area contributed by atoms with Gasteiger partial charge in [-0.05, 0) is 5.92 Å². The maximum absolute atomic E-state index is 7.26. The van der Waals surface area contributed by atoms with Gasteiger partial charge < -0.3 is 27.7 Å². The molecule has 0 radical (unpaired) electrons. The fraction of sp³-hybridized carbons (Fsp3) is 0.667. The quantitative estimate of drug-likeness (QED) is 0.197. The Balaban J connectivity index is -0.0000000587. The van der Waals surface area contributed by atoms with Gasteiger partial charge in [0.25, 0.3) is 0 Å². The number of nitrogens with two attached hydrogens (primary N) is 1. The van der Waals surface area contributed by atoms with Gasteiger partial charge in [-0.15, -0.1) is 32.3 Å². The van der Waals surface area contributed by atoms with Crippen molar-refractivity contribution in [2.75, 3.05) is 26.2 Å². The van der Waals surface area contributed by atoms with Crippen LogP contribution in [0, 0.1) is 5.92 Å². The Kier molecular flexibility index (Phi) is 52.0. The van der Waals surface area contributed by atoms with Crippen molar-refractivity contribution in [2.24, 2.45) is 5.92 Å². The van der Waals surface area contributed by atoms with E-state index in [1.165, 1.54) is 19.3 Å². The Hall–Kier alpha value is 0.778. The molecular formula is C12H24Fe2N5O2Se2+. The fourth-order valence-electron chi connectivity index (χ4n) is 2.08. The first-order valence-electron chi connectivity index (χ1n) is 5.78. The zero-order valence-corrected chi connectivity index (χ0v) is 18.3. The third-order valence-corrected chi connectivity index (χ3v) is 2.84. The summed E-state index contributed by atoms with van der Waals surface area (Å²) in [6.45, 7) is 4.18. The molecule has 0 aromatic heterocycles. The van der Waals surface area contributed by atoms with Crippen LogP contribution in [0.4, 0.5) is 0 Å². The van der Waals surface area contributed by atoms with Crippen LogP contribution in [0.25, 0.3) is 27.6 Å². The minimum absolute atomic E-state index is 0. The molecule has 8 N–H and O–H groups in total. The molecule has 2 heterocycles. The molecule has 2 rings (SSSR count). The summed E-state index contributed by atoms with van der Waals surface area (Å²) in [7, 11) is 0. The van der Waals surface area contributed by atoms with E-state index in [9.17, 15) is 0 Å². The van der Waals surface area contributed by atoms with Crippen molar-refractivity contribution in [3.05, 3.63) is 39.3 Å². The molecule has 2 aliphatic rings. The summed E-state index contributed by atoms with van der Waals surface area (Å²) >= 11 is 4.22. The predicted molar refractivity (Wildman–Crippen MR) is 94.9 cm³/mol. The van der Waals surface area contributed by atoms with Crippen LogP contribution in [0.5, 0.6) is 0 Å². The minimum atomic E-state index is 0. The molecule has 0 aromatic rings. The van der Waals surface area contributed by atoms with Gasteiger partial charge in [0, 0.05) is 17.1 Å². The SMILES string of the molecule is C1=C(C2CC[N-]CC2)CC[N-]C1.[Fe+4].[Fe].[N-]=C=[Se].[N-]=C=[Se].[NH2-].[OH3+].[OH3+]. The van der Waals surface area contributed by atoms with Gasteiger partial charge in [-0.25, -0.2) is 0 Å². The summed E-state index contributed by atoms with van der Waals surface area (Å²) < 4.78 is 3.25. The number of hydrogen-bond donors (Lipinski definition) is 0. The number of piperidine rings is 1. The zero-order valence-electron chi connectivity index (χ0n) is 12.6. The average Bonchev–Trinajstić information content (AvgIpc) is 2.43. The molecule has 7 nitrogen and oxygen atoms in total. The van der Waals surface area contributed by atoms with Gasteiger partial charge >= 0.3 is 68.5 Å². The largest absolute Gasteiger partial charge is 0.693 e. The number of nitrogens with zero attached hydrogens (tertiary/aromatic N) is 4. The second kappa shape index (κ2) is 30.6. The van der Waals surface area contributed by atoms with Gasteiger partial charge in [-0.2, -0.15) is 0 Å². The van der Waals surface area contributed by atoms with E-state index in [1.54, 1.807) is 15.0 Å². The third kappa shape index (κ3) is 22.8.